The van der Waals surface area contributed by atoms with Crippen molar-refractivity contribution in [2.75, 3.05) is 33.3 Å². The average Bonchev–Trinajstić information content (AvgIpc) is 3.27. The number of amides is 1. The van der Waals surface area contributed by atoms with E-state index < -0.39 is 0 Å². The van der Waals surface area contributed by atoms with Gasteiger partial charge in [-0.3, -0.25) is 4.90 Å². The Hall–Kier alpha value is -2.44. The van der Waals surface area contributed by atoms with Crippen molar-refractivity contribution < 1.29 is 18.7 Å². The molecule has 1 amide bonds. The standard InChI is InChI=1S/C23H25FN2O3/c1-25-12-19-20(13-25)28-14-21(19)29-23(27)26-11-10-15-4-2-3-5-18(15)22(26)16-6-8-17(24)9-7-16/h2-9,19-22H,10-14H2,1H3/t19-,20+,21-,22+/m1/s1. The SMILES string of the molecule is CN1C[C@@H]2[C@H](C1)OC[C@H]2OC(=O)N1CCc2ccccc2[C@@H]1c1ccc(F)cc1. The Kier molecular flexibility index (Phi) is 4.76. The fourth-order valence-electron chi connectivity index (χ4n) is 4.96. The first-order chi connectivity index (χ1) is 14.1. The van der Waals surface area contributed by atoms with Gasteiger partial charge in [-0.05, 0) is 42.3 Å². The summed E-state index contributed by atoms with van der Waals surface area (Å²) in [4.78, 5) is 17.2. The molecule has 0 radical (unpaired) electrons. The molecule has 0 unspecified atom stereocenters. The molecular formula is C23H25FN2O3. The lowest BCUT2D eigenvalue weighted by Crippen LogP contribution is -2.43. The molecule has 2 aromatic rings. The molecule has 6 heteroatoms. The first-order valence-electron chi connectivity index (χ1n) is 10.2. The van der Waals surface area contributed by atoms with Crippen molar-refractivity contribution in [2.24, 2.45) is 5.92 Å². The van der Waals surface area contributed by atoms with Gasteiger partial charge in [0.15, 0.2) is 0 Å². The molecule has 4 atom stereocenters. The van der Waals surface area contributed by atoms with Crippen molar-refractivity contribution >= 4 is 6.09 Å². The lowest BCUT2D eigenvalue weighted by atomic mass is 9.88. The fraction of sp³-hybridized carbons (Fsp3) is 0.435. The van der Waals surface area contributed by atoms with Gasteiger partial charge in [-0.25, -0.2) is 9.18 Å². The lowest BCUT2D eigenvalue weighted by Gasteiger charge is -2.37. The van der Waals surface area contributed by atoms with E-state index >= 15 is 0 Å². The fourth-order valence-corrected chi connectivity index (χ4v) is 4.96. The largest absolute Gasteiger partial charge is 0.443 e. The monoisotopic (exact) mass is 396 g/mol. The molecule has 5 rings (SSSR count). The number of hydrogen-bond acceptors (Lipinski definition) is 4. The molecular weight excluding hydrogens is 371 g/mol. The second kappa shape index (κ2) is 7.43. The van der Waals surface area contributed by atoms with Gasteiger partial charge in [0.05, 0.1) is 18.8 Å². The average molecular weight is 396 g/mol. The van der Waals surface area contributed by atoms with Gasteiger partial charge in [-0.2, -0.15) is 0 Å². The van der Waals surface area contributed by atoms with Crippen molar-refractivity contribution in [2.45, 2.75) is 24.7 Å². The quantitative estimate of drug-likeness (QED) is 0.782. The van der Waals surface area contributed by atoms with Gasteiger partial charge in [0, 0.05) is 25.6 Å². The van der Waals surface area contributed by atoms with Crippen LogP contribution in [0.4, 0.5) is 9.18 Å². The van der Waals surface area contributed by atoms with E-state index in [1.165, 1.54) is 17.7 Å². The number of likely N-dealkylation sites (N-methyl/N-ethyl adjacent to an activating group) is 1. The van der Waals surface area contributed by atoms with Gasteiger partial charge in [0.25, 0.3) is 0 Å². The maximum absolute atomic E-state index is 13.5. The molecule has 0 saturated carbocycles. The smallest absolute Gasteiger partial charge is 0.410 e. The zero-order valence-corrected chi connectivity index (χ0v) is 16.5. The lowest BCUT2D eigenvalue weighted by molar-refractivity contribution is 0.0294. The van der Waals surface area contributed by atoms with Crippen molar-refractivity contribution in [3.63, 3.8) is 0 Å². The normalized spacial score (nSPS) is 28.8. The van der Waals surface area contributed by atoms with Gasteiger partial charge in [0.1, 0.15) is 11.9 Å². The van der Waals surface area contributed by atoms with Crippen LogP contribution in [0.5, 0.6) is 0 Å². The molecule has 0 bridgehead atoms. The van der Waals surface area contributed by atoms with E-state index in [-0.39, 0.29) is 36.1 Å². The van der Waals surface area contributed by atoms with Crippen LogP contribution in [0.1, 0.15) is 22.7 Å². The Balaban J connectivity index is 1.42. The maximum Gasteiger partial charge on any atom is 0.410 e. The Bertz CT molecular complexity index is 903. The van der Waals surface area contributed by atoms with E-state index in [0.29, 0.717) is 13.2 Å². The summed E-state index contributed by atoms with van der Waals surface area (Å²) in [5.41, 5.74) is 3.17. The molecule has 5 nitrogen and oxygen atoms in total. The summed E-state index contributed by atoms with van der Waals surface area (Å²) in [6, 6.07) is 14.3. The van der Waals surface area contributed by atoms with Crippen molar-refractivity contribution in [3.05, 3.63) is 71.0 Å². The highest BCUT2D eigenvalue weighted by atomic mass is 19.1. The van der Waals surface area contributed by atoms with Crippen LogP contribution in [0.15, 0.2) is 48.5 Å². The maximum atomic E-state index is 13.5. The van der Waals surface area contributed by atoms with E-state index in [1.807, 2.05) is 18.2 Å². The molecule has 3 aliphatic rings. The van der Waals surface area contributed by atoms with Crippen LogP contribution in [0.2, 0.25) is 0 Å². The van der Waals surface area contributed by atoms with Gasteiger partial charge >= 0.3 is 6.09 Å². The third-order valence-electron chi connectivity index (χ3n) is 6.40. The topological polar surface area (TPSA) is 42.0 Å². The minimum Gasteiger partial charge on any atom is -0.443 e. The summed E-state index contributed by atoms with van der Waals surface area (Å²) < 4.78 is 25.3. The van der Waals surface area contributed by atoms with Crippen LogP contribution in [0.3, 0.4) is 0 Å². The minimum absolute atomic E-state index is 0.146. The minimum atomic E-state index is -0.322. The Morgan fingerprint density at radius 2 is 1.93 bits per heavy atom. The van der Waals surface area contributed by atoms with Gasteiger partial charge < -0.3 is 14.4 Å². The molecule has 0 spiro atoms. The predicted molar refractivity (Wildman–Crippen MR) is 106 cm³/mol. The Morgan fingerprint density at radius 3 is 2.76 bits per heavy atom. The van der Waals surface area contributed by atoms with E-state index in [1.54, 1.807) is 17.0 Å². The van der Waals surface area contributed by atoms with Gasteiger partial charge in [0.2, 0.25) is 0 Å². The van der Waals surface area contributed by atoms with Crippen molar-refractivity contribution in [1.29, 1.82) is 0 Å². The Morgan fingerprint density at radius 1 is 1.14 bits per heavy atom. The number of carbonyl (C=O) groups excluding carboxylic acids is 1. The number of rotatable bonds is 2. The number of carbonyl (C=O) groups is 1. The van der Waals surface area contributed by atoms with Crippen LogP contribution < -0.4 is 0 Å². The molecule has 29 heavy (non-hydrogen) atoms. The molecule has 152 valence electrons. The summed E-state index contributed by atoms with van der Waals surface area (Å²) in [5, 5.41) is 0. The van der Waals surface area contributed by atoms with E-state index in [9.17, 15) is 9.18 Å². The molecule has 0 aromatic heterocycles. The first kappa shape index (κ1) is 18.6. The van der Waals surface area contributed by atoms with E-state index in [4.69, 9.17) is 9.47 Å². The van der Waals surface area contributed by atoms with Gasteiger partial charge in [-0.15, -0.1) is 0 Å². The third kappa shape index (κ3) is 3.40. The number of nitrogens with zero attached hydrogens (tertiary/aromatic N) is 2. The molecule has 2 saturated heterocycles. The second-order valence-electron chi connectivity index (χ2n) is 8.28. The van der Waals surface area contributed by atoms with E-state index in [0.717, 1.165) is 30.6 Å². The highest BCUT2D eigenvalue weighted by molar-refractivity contribution is 5.70. The molecule has 3 heterocycles. The molecule has 2 aromatic carbocycles. The van der Waals surface area contributed by atoms with Crippen LogP contribution in [0.25, 0.3) is 0 Å². The predicted octanol–water partition coefficient (Wildman–Crippen LogP) is 3.24. The van der Waals surface area contributed by atoms with Crippen LogP contribution in [-0.4, -0.2) is 61.4 Å². The summed E-state index contributed by atoms with van der Waals surface area (Å²) in [6.07, 6.45) is 0.382. The highest BCUT2D eigenvalue weighted by Gasteiger charge is 2.46. The van der Waals surface area contributed by atoms with Crippen molar-refractivity contribution in [1.82, 2.24) is 9.80 Å². The second-order valence-corrected chi connectivity index (χ2v) is 8.28. The molecule has 0 N–H and O–H groups in total. The summed E-state index contributed by atoms with van der Waals surface area (Å²) in [5.74, 6) is -0.0585. The zero-order valence-electron chi connectivity index (χ0n) is 16.5. The number of halogens is 1. The number of hydrogen-bond donors (Lipinski definition) is 0. The number of ether oxygens (including phenoxy) is 2. The van der Waals surface area contributed by atoms with E-state index in [2.05, 4.69) is 18.0 Å². The highest BCUT2D eigenvalue weighted by Crippen LogP contribution is 2.37. The Labute approximate surface area is 170 Å². The summed E-state index contributed by atoms with van der Waals surface area (Å²) >= 11 is 0. The molecule has 0 aliphatic carbocycles. The summed E-state index contributed by atoms with van der Waals surface area (Å²) in [6.45, 7) is 2.79. The van der Waals surface area contributed by atoms with Gasteiger partial charge in [-0.1, -0.05) is 36.4 Å². The summed E-state index contributed by atoms with van der Waals surface area (Å²) in [7, 11) is 2.06. The third-order valence-corrected chi connectivity index (χ3v) is 6.40. The van der Waals surface area contributed by atoms with Crippen LogP contribution >= 0.6 is 0 Å². The van der Waals surface area contributed by atoms with Crippen molar-refractivity contribution in [3.8, 4) is 0 Å². The number of likely N-dealkylation sites (tertiary alicyclic amines) is 1. The first-order valence-corrected chi connectivity index (χ1v) is 10.2. The van der Waals surface area contributed by atoms with Crippen LogP contribution in [-0.2, 0) is 15.9 Å². The molecule has 3 aliphatic heterocycles. The number of benzene rings is 2. The number of fused-ring (bicyclic) bond motifs is 2. The zero-order chi connectivity index (χ0) is 20.0. The molecule has 2 fully saturated rings. The van der Waals surface area contributed by atoms with Crippen LogP contribution in [0, 0.1) is 11.7 Å².